The van der Waals surface area contributed by atoms with Crippen LogP contribution in [0.2, 0.25) is 0 Å². The smallest absolute Gasteiger partial charge is 0.342 e. The Hall–Kier alpha value is -2.01. The fourth-order valence-corrected chi connectivity index (χ4v) is 3.79. The summed E-state index contributed by atoms with van der Waals surface area (Å²) in [6.45, 7) is 0. The van der Waals surface area contributed by atoms with E-state index in [-0.39, 0.29) is 12.1 Å². The van der Waals surface area contributed by atoms with Gasteiger partial charge < -0.3 is 15.2 Å². The van der Waals surface area contributed by atoms with Gasteiger partial charge in [0.2, 0.25) is 0 Å². The number of nitrogen functional groups attached to an aromatic ring is 1. The molecule has 122 valence electrons. The first-order valence-electron chi connectivity index (χ1n) is 7.91. The molecule has 1 aliphatic rings. The molecule has 1 aromatic heterocycles. The maximum Gasteiger partial charge on any atom is 0.342 e. The number of nitrogens with two attached hydrogens (primary N) is 1. The molecule has 0 saturated heterocycles. The van der Waals surface area contributed by atoms with Crippen molar-refractivity contribution in [2.45, 2.75) is 38.2 Å². The van der Waals surface area contributed by atoms with Gasteiger partial charge in [0.05, 0.1) is 7.11 Å². The van der Waals surface area contributed by atoms with Crippen LogP contribution in [0.15, 0.2) is 29.6 Å². The maximum absolute atomic E-state index is 12.6. The van der Waals surface area contributed by atoms with E-state index in [9.17, 15) is 4.79 Å². The van der Waals surface area contributed by atoms with E-state index >= 15 is 0 Å². The van der Waals surface area contributed by atoms with Gasteiger partial charge in [-0.15, -0.1) is 11.3 Å². The van der Waals surface area contributed by atoms with Crippen LogP contribution in [-0.2, 0) is 4.74 Å². The molecule has 0 amide bonds. The van der Waals surface area contributed by atoms with Gasteiger partial charge in [-0.05, 0) is 43.4 Å². The van der Waals surface area contributed by atoms with Crippen molar-refractivity contribution in [3.63, 3.8) is 0 Å². The van der Waals surface area contributed by atoms with Gasteiger partial charge in [-0.2, -0.15) is 0 Å². The van der Waals surface area contributed by atoms with Crippen LogP contribution in [0.5, 0.6) is 5.75 Å². The molecule has 0 bridgehead atoms. The van der Waals surface area contributed by atoms with Gasteiger partial charge in [-0.3, -0.25) is 0 Å². The third-order valence-corrected chi connectivity index (χ3v) is 5.04. The maximum atomic E-state index is 12.6. The average Bonchev–Trinajstić information content (AvgIpc) is 2.97. The van der Waals surface area contributed by atoms with Gasteiger partial charge >= 0.3 is 5.97 Å². The predicted molar refractivity (Wildman–Crippen MR) is 93.0 cm³/mol. The van der Waals surface area contributed by atoms with Crippen molar-refractivity contribution in [3.05, 3.63) is 35.2 Å². The predicted octanol–water partition coefficient (Wildman–Crippen LogP) is 4.50. The van der Waals surface area contributed by atoms with E-state index in [1.165, 1.54) is 17.8 Å². The second-order valence-corrected chi connectivity index (χ2v) is 6.70. The first-order valence-corrected chi connectivity index (χ1v) is 8.79. The van der Waals surface area contributed by atoms with Crippen molar-refractivity contribution in [1.29, 1.82) is 0 Å². The fraction of sp³-hybridized carbons (Fsp3) is 0.389. The Morgan fingerprint density at radius 2 is 2.04 bits per heavy atom. The van der Waals surface area contributed by atoms with Gasteiger partial charge in [0.1, 0.15) is 22.4 Å². The molecule has 5 heteroatoms. The first kappa shape index (κ1) is 15.9. The highest BCUT2D eigenvalue weighted by Gasteiger charge is 2.24. The van der Waals surface area contributed by atoms with Gasteiger partial charge in [0.15, 0.2) is 0 Å². The SMILES string of the molecule is COc1cccc(-c2csc(N)c2C(=O)OC2CCCCC2)c1. The Bertz CT molecular complexity index is 689. The van der Waals surface area contributed by atoms with Crippen molar-refractivity contribution >= 4 is 22.3 Å². The monoisotopic (exact) mass is 331 g/mol. The molecule has 0 radical (unpaired) electrons. The number of benzene rings is 1. The summed E-state index contributed by atoms with van der Waals surface area (Å²) in [5, 5.41) is 2.41. The highest BCUT2D eigenvalue weighted by atomic mass is 32.1. The first-order chi connectivity index (χ1) is 11.2. The van der Waals surface area contributed by atoms with Gasteiger partial charge in [0.25, 0.3) is 0 Å². The van der Waals surface area contributed by atoms with E-state index in [1.54, 1.807) is 7.11 Å². The van der Waals surface area contributed by atoms with Crippen LogP contribution in [0, 0.1) is 0 Å². The van der Waals surface area contributed by atoms with Crippen LogP contribution >= 0.6 is 11.3 Å². The Balaban J connectivity index is 1.87. The van der Waals surface area contributed by atoms with Gasteiger partial charge in [-0.1, -0.05) is 18.6 Å². The standard InChI is InChI=1S/C18H21NO3S/c1-21-14-9-5-6-12(10-14)15-11-23-17(19)16(15)18(20)22-13-7-3-2-4-8-13/h5-6,9-11,13H,2-4,7-8,19H2,1H3. The number of anilines is 1. The number of methoxy groups -OCH3 is 1. The van der Waals surface area contributed by atoms with Crippen molar-refractivity contribution in [1.82, 2.24) is 0 Å². The third-order valence-electron chi connectivity index (χ3n) is 4.23. The topological polar surface area (TPSA) is 61.5 Å². The average molecular weight is 331 g/mol. The number of esters is 1. The van der Waals surface area contributed by atoms with E-state index < -0.39 is 0 Å². The van der Waals surface area contributed by atoms with Gasteiger partial charge in [0, 0.05) is 10.9 Å². The van der Waals surface area contributed by atoms with Crippen molar-refractivity contribution in [3.8, 4) is 16.9 Å². The lowest BCUT2D eigenvalue weighted by atomic mass is 9.97. The molecule has 1 aliphatic carbocycles. The van der Waals surface area contributed by atoms with Crippen molar-refractivity contribution < 1.29 is 14.3 Å². The minimum atomic E-state index is -0.312. The van der Waals surface area contributed by atoms with E-state index in [0.717, 1.165) is 42.6 Å². The summed E-state index contributed by atoms with van der Waals surface area (Å²) in [4.78, 5) is 12.6. The van der Waals surface area contributed by atoms with Crippen LogP contribution in [0.25, 0.3) is 11.1 Å². The second kappa shape index (κ2) is 7.04. The van der Waals surface area contributed by atoms with E-state index in [2.05, 4.69) is 0 Å². The summed E-state index contributed by atoms with van der Waals surface area (Å²) in [6.07, 6.45) is 5.39. The zero-order valence-electron chi connectivity index (χ0n) is 13.2. The molecule has 1 fully saturated rings. The summed E-state index contributed by atoms with van der Waals surface area (Å²) in [5.74, 6) is 0.437. The molecule has 1 aromatic carbocycles. The lowest BCUT2D eigenvalue weighted by Crippen LogP contribution is -2.21. The van der Waals surface area contributed by atoms with Crippen LogP contribution in [0.4, 0.5) is 5.00 Å². The van der Waals surface area contributed by atoms with E-state index in [4.69, 9.17) is 15.2 Å². The zero-order valence-corrected chi connectivity index (χ0v) is 14.0. The van der Waals surface area contributed by atoms with Gasteiger partial charge in [-0.25, -0.2) is 4.79 Å². The lowest BCUT2D eigenvalue weighted by molar-refractivity contribution is 0.0214. The summed E-state index contributed by atoms with van der Waals surface area (Å²) < 4.78 is 11.0. The van der Waals surface area contributed by atoms with E-state index in [1.807, 2.05) is 29.6 Å². The quantitative estimate of drug-likeness (QED) is 0.838. The molecule has 1 saturated carbocycles. The largest absolute Gasteiger partial charge is 0.497 e. The Morgan fingerprint density at radius 3 is 2.78 bits per heavy atom. The lowest BCUT2D eigenvalue weighted by Gasteiger charge is -2.22. The van der Waals surface area contributed by atoms with Crippen LogP contribution in [0.3, 0.4) is 0 Å². The Labute approximate surface area is 140 Å². The summed E-state index contributed by atoms with van der Waals surface area (Å²) in [5.41, 5.74) is 8.24. The molecule has 3 rings (SSSR count). The molecule has 4 nitrogen and oxygen atoms in total. The summed E-state index contributed by atoms with van der Waals surface area (Å²) >= 11 is 1.37. The minimum Gasteiger partial charge on any atom is -0.497 e. The molecule has 2 N–H and O–H groups in total. The molecule has 23 heavy (non-hydrogen) atoms. The highest BCUT2D eigenvalue weighted by molar-refractivity contribution is 7.14. The number of rotatable bonds is 4. The Kier molecular flexibility index (Phi) is 4.86. The van der Waals surface area contributed by atoms with Crippen molar-refractivity contribution in [2.75, 3.05) is 12.8 Å². The number of ether oxygens (including phenoxy) is 2. The highest BCUT2D eigenvalue weighted by Crippen LogP contribution is 2.36. The summed E-state index contributed by atoms with van der Waals surface area (Å²) in [7, 11) is 1.62. The number of hydrogen-bond acceptors (Lipinski definition) is 5. The Morgan fingerprint density at radius 1 is 1.26 bits per heavy atom. The fourth-order valence-electron chi connectivity index (χ4n) is 2.98. The molecule has 1 heterocycles. The molecule has 0 spiro atoms. The normalized spacial score (nSPS) is 15.3. The second-order valence-electron chi connectivity index (χ2n) is 5.79. The molecular formula is C18H21NO3S. The number of thiophene rings is 1. The van der Waals surface area contributed by atoms with Crippen molar-refractivity contribution in [2.24, 2.45) is 0 Å². The van der Waals surface area contributed by atoms with Crippen LogP contribution < -0.4 is 10.5 Å². The van der Waals surface area contributed by atoms with Crippen LogP contribution in [-0.4, -0.2) is 19.2 Å². The minimum absolute atomic E-state index is 0.0220. The molecular weight excluding hydrogens is 310 g/mol. The molecule has 0 unspecified atom stereocenters. The molecule has 0 aliphatic heterocycles. The number of carbonyl (C=O) groups is 1. The van der Waals surface area contributed by atoms with E-state index in [0.29, 0.717) is 10.6 Å². The zero-order chi connectivity index (χ0) is 16.2. The number of hydrogen-bond donors (Lipinski definition) is 1. The third kappa shape index (κ3) is 3.50. The number of carbonyl (C=O) groups excluding carboxylic acids is 1. The molecule has 0 atom stereocenters. The van der Waals surface area contributed by atoms with Crippen LogP contribution in [0.1, 0.15) is 42.5 Å². The molecule has 2 aromatic rings. The summed E-state index contributed by atoms with van der Waals surface area (Å²) in [6, 6.07) is 7.62.